The van der Waals surface area contributed by atoms with Crippen LogP contribution < -0.4 is 15.8 Å². The van der Waals surface area contributed by atoms with E-state index in [1.54, 1.807) is 0 Å². The zero-order chi connectivity index (χ0) is 18.9. The number of hydrogen-bond acceptors (Lipinski definition) is 3. The number of piperidine rings is 1. The number of ether oxygens (including phenoxy) is 1. The lowest BCUT2D eigenvalue weighted by Crippen LogP contribution is -2.47. The zero-order valence-corrected chi connectivity index (χ0v) is 16.3. The number of likely N-dealkylation sites (tertiary alicyclic amines) is 1. The lowest BCUT2D eigenvalue weighted by Gasteiger charge is -2.34. The maximum absolute atomic E-state index is 11.2. The van der Waals surface area contributed by atoms with Crippen LogP contribution in [0.3, 0.4) is 0 Å². The standard InChI is InChI=1S/C19H29ClN4O2/c1-3-22-19(24-10-6-7-15(13-24)11-18(21)25)23-12-14(2)26-17-9-5-4-8-16(17)20/h4-5,8-9,14-15H,3,6-7,10-13H2,1-2H3,(H2,21,25)(H,22,23). The number of guanidine groups is 1. The molecule has 144 valence electrons. The molecule has 0 aliphatic carbocycles. The number of nitrogens with two attached hydrogens (primary N) is 1. The summed E-state index contributed by atoms with van der Waals surface area (Å²) in [6, 6.07) is 7.43. The minimum atomic E-state index is -0.236. The van der Waals surface area contributed by atoms with Gasteiger partial charge in [-0.15, -0.1) is 0 Å². The quantitative estimate of drug-likeness (QED) is 0.563. The number of nitrogens with one attached hydrogen (secondary N) is 1. The predicted octanol–water partition coefficient (Wildman–Crippen LogP) is 2.66. The van der Waals surface area contributed by atoms with E-state index in [0.717, 1.165) is 38.4 Å². The number of carbonyl (C=O) groups is 1. The lowest BCUT2D eigenvalue weighted by atomic mass is 9.95. The molecular weight excluding hydrogens is 352 g/mol. The van der Waals surface area contributed by atoms with E-state index in [9.17, 15) is 4.79 Å². The summed E-state index contributed by atoms with van der Waals surface area (Å²) >= 11 is 6.14. The summed E-state index contributed by atoms with van der Waals surface area (Å²) in [5.41, 5.74) is 5.36. The number of para-hydroxylation sites is 1. The van der Waals surface area contributed by atoms with Gasteiger partial charge in [0.15, 0.2) is 5.96 Å². The normalized spacial score (nSPS) is 19.1. The molecule has 1 aliphatic rings. The third-order valence-electron chi connectivity index (χ3n) is 4.31. The van der Waals surface area contributed by atoms with Gasteiger partial charge in [-0.25, -0.2) is 4.99 Å². The van der Waals surface area contributed by atoms with E-state index in [-0.39, 0.29) is 12.0 Å². The second-order valence-corrected chi connectivity index (χ2v) is 7.09. The van der Waals surface area contributed by atoms with Gasteiger partial charge in [-0.1, -0.05) is 23.7 Å². The molecule has 1 aliphatic heterocycles. The summed E-state index contributed by atoms with van der Waals surface area (Å²) in [6.45, 7) is 7.06. The molecular formula is C19H29ClN4O2. The molecule has 26 heavy (non-hydrogen) atoms. The Hall–Kier alpha value is -1.95. The summed E-state index contributed by atoms with van der Waals surface area (Å²) in [5.74, 6) is 1.58. The van der Waals surface area contributed by atoms with Gasteiger partial charge in [-0.3, -0.25) is 4.79 Å². The second-order valence-electron chi connectivity index (χ2n) is 6.68. The molecule has 1 heterocycles. The van der Waals surface area contributed by atoms with Crippen molar-refractivity contribution in [2.45, 2.75) is 39.2 Å². The highest BCUT2D eigenvalue weighted by atomic mass is 35.5. The van der Waals surface area contributed by atoms with Crippen molar-refractivity contribution in [2.24, 2.45) is 16.6 Å². The minimum absolute atomic E-state index is 0.102. The molecule has 2 atom stereocenters. The minimum Gasteiger partial charge on any atom is -0.487 e. The van der Waals surface area contributed by atoms with Crippen molar-refractivity contribution in [2.75, 3.05) is 26.2 Å². The average molecular weight is 381 g/mol. The van der Waals surface area contributed by atoms with E-state index >= 15 is 0 Å². The van der Waals surface area contributed by atoms with Gasteiger partial charge in [-0.05, 0) is 44.7 Å². The zero-order valence-electron chi connectivity index (χ0n) is 15.6. The topological polar surface area (TPSA) is 80.0 Å². The highest BCUT2D eigenvalue weighted by molar-refractivity contribution is 6.32. The van der Waals surface area contributed by atoms with E-state index in [4.69, 9.17) is 27.1 Å². The van der Waals surface area contributed by atoms with Crippen LogP contribution in [0.2, 0.25) is 5.02 Å². The summed E-state index contributed by atoms with van der Waals surface area (Å²) in [4.78, 5) is 18.2. The molecule has 0 spiro atoms. The van der Waals surface area contributed by atoms with Crippen LogP contribution >= 0.6 is 11.6 Å². The Kier molecular flexibility index (Phi) is 8.04. The van der Waals surface area contributed by atoms with Crippen LogP contribution in [0.5, 0.6) is 5.75 Å². The molecule has 2 rings (SSSR count). The second kappa shape index (κ2) is 10.3. The fourth-order valence-corrected chi connectivity index (χ4v) is 3.32. The van der Waals surface area contributed by atoms with E-state index in [2.05, 4.69) is 10.2 Å². The summed E-state index contributed by atoms with van der Waals surface area (Å²) in [6.07, 6.45) is 2.40. The molecule has 1 aromatic carbocycles. The number of hydrogen-bond donors (Lipinski definition) is 2. The van der Waals surface area contributed by atoms with Gasteiger partial charge in [0, 0.05) is 26.1 Å². The molecule has 2 unspecified atom stereocenters. The number of benzene rings is 1. The number of aliphatic imine (C=N–C) groups is 1. The largest absolute Gasteiger partial charge is 0.487 e. The Balaban J connectivity index is 1.96. The summed E-state index contributed by atoms with van der Waals surface area (Å²) in [5, 5.41) is 3.93. The van der Waals surface area contributed by atoms with Gasteiger partial charge in [0.1, 0.15) is 11.9 Å². The average Bonchev–Trinajstić information content (AvgIpc) is 2.60. The Morgan fingerprint density at radius 3 is 2.96 bits per heavy atom. The first-order valence-electron chi connectivity index (χ1n) is 9.22. The van der Waals surface area contributed by atoms with Crippen LogP contribution in [0.15, 0.2) is 29.3 Å². The molecule has 1 amide bonds. The van der Waals surface area contributed by atoms with Crippen molar-refractivity contribution < 1.29 is 9.53 Å². The summed E-state index contributed by atoms with van der Waals surface area (Å²) in [7, 11) is 0. The molecule has 1 saturated heterocycles. The molecule has 0 radical (unpaired) electrons. The number of nitrogens with zero attached hydrogens (tertiary/aromatic N) is 2. The van der Waals surface area contributed by atoms with E-state index in [1.165, 1.54) is 0 Å². The third-order valence-corrected chi connectivity index (χ3v) is 4.62. The Morgan fingerprint density at radius 2 is 2.27 bits per heavy atom. The van der Waals surface area contributed by atoms with Crippen LogP contribution in [-0.4, -0.2) is 49.0 Å². The monoisotopic (exact) mass is 380 g/mol. The van der Waals surface area contributed by atoms with Crippen molar-refractivity contribution in [1.82, 2.24) is 10.2 Å². The van der Waals surface area contributed by atoms with Crippen LogP contribution in [0.1, 0.15) is 33.1 Å². The first kappa shape index (κ1) is 20.4. The van der Waals surface area contributed by atoms with E-state index < -0.39 is 0 Å². The van der Waals surface area contributed by atoms with Crippen molar-refractivity contribution in [3.05, 3.63) is 29.3 Å². The highest BCUT2D eigenvalue weighted by Crippen LogP contribution is 2.24. The molecule has 7 heteroatoms. The van der Waals surface area contributed by atoms with Crippen molar-refractivity contribution >= 4 is 23.5 Å². The fourth-order valence-electron chi connectivity index (χ4n) is 3.14. The van der Waals surface area contributed by atoms with Gasteiger partial charge in [0.05, 0.1) is 11.6 Å². The molecule has 0 bridgehead atoms. The lowest BCUT2D eigenvalue weighted by molar-refractivity contribution is -0.119. The number of amides is 1. The van der Waals surface area contributed by atoms with E-state index in [1.807, 2.05) is 38.1 Å². The smallest absolute Gasteiger partial charge is 0.217 e. The highest BCUT2D eigenvalue weighted by Gasteiger charge is 2.23. The summed E-state index contributed by atoms with van der Waals surface area (Å²) < 4.78 is 5.89. The Labute approximate surface area is 160 Å². The van der Waals surface area contributed by atoms with Crippen LogP contribution in [0.4, 0.5) is 0 Å². The molecule has 0 aromatic heterocycles. The SMILES string of the molecule is CCNC(=NCC(C)Oc1ccccc1Cl)N1CCCC(CC(N)=O)C1. The van der Waals surface area contributed by atoms with Crippen molar-refractivity contribution in [3.8, 4) is 5.75 Å². The number of carbonyl (C=O) groups excluding carboxylic acids is 1. The van der Waals surface area contributed by atoms with Gasteiger partial charge >= 0.3 is 0 Å². The van der Waals surface area contributed by atoms with Gasteiger partial charge < -0.3 is 20.7 Å². The first-order valence-corrected chi connectivity index (χ1v) is 9.60. The van der Waals surface area contributed by atoms with Gasteiger partial charge in [-0.2, -0.15) is 0 Å². The fraction of sp³-hybridized carbons (Fsp3) is 0.579. The third kappa shape index (κ3) is 6.41. The number of rotatable bonds is 7. The Morgan fingerprint density at radius 1 is 1.50 bits per heavy atom. The van der Waals surface area contributed by atoms with Gasteiger partial charge in [0.25, 0.3) is 0 Å². The van der Waals surface area contributed by atoms with Crippen LogP contribution in [0, 0.1) is 5.92 Å². The molecule has 1 fully saturated rings. The predicted molar refractivity (Wildman–Crippen MR) is 106 cm³/mol. The number of primary amides is 1. The van der Waals surface area contributed by atoms with E-state index in [0.29, 0.717) is 29.7 Å². The van der Waals surface area contributed by atoms with Crippen molar-refractivity contribution in [3.63, 3.8) is 0 Å². The molecule has 0 saturated carbocycles. The molecule has 6 nitrogen and oxygen atoms in total. The molecule has 3 N–H and O–H groups in total. The maximum atomic E-state index is 11.2. The Bertz CT molecular complexity index is 623. The van der Waals surface area contributed by atoms with Crippen LogP contribution in [-0.2, 0) is 4.79 Å². The maximum Gasteiger partial charge on any atom is 0.217 e. The van der Waals surface area contributed by atoms with Gasteiger partial charge in [0.2, 0.25) is 5.91 Å². The molecule has 1 aromatic rings. The van der Waals surface area contributed by atoms with Crippen LogP contribution in [0.25, 0.3) is 0 Å². The first-order chi connectivity index (χ1) is 12.5. The number of halogens is 1. The van der Waals surface area contributed by atoms with Crippen molar-refractivity contribution in [1.29, 1.82) is 0 Å².